The summed E-state index contributed by atoms with van der Waals surface area (Å²) in [4.78, 5) is 4.01. The molecule has 0 aliphatic rings. The molecule has 0 fully saturated rings. The predicted octanol–water partition coefficient (Wildman–Crippen LogP) is 1.93. The van der Waals surface area contributed by atoms with E-state index in [1.165, 1.54) is 6.26 Å². The van der Waals surface area contributed by atoms with Crippen molar-refractivity contribution in [3.8, 4) is 11.8 Å². The van der Waals surface area contributed by atoms with Gasteiger partial charge in [0.05, 0.1) is 5.69 Å². The zero-order valence-electron chi connectivity index (χ0n) is 7.51. The Bertz CT molecular complexity index is 398. The van der Waals surface area contributed by atoms with Crippen LogP contribution < -0.4 is 10.5 Å². The molecule has 1 heterocycles. The number of rotatable bonds is 3. The highest BCUT2D eigenvalue weighted by molar-refractivity contribution is 5.23. The second-order valence-corrected chi connectivity index (χ2v) is 2.72. The molecule has 2 aromatic rings. The van der Waals surface area contributed by atoms with Crippen molar-refractivity contribution in [1.82, 2.24) is 4.98 Å². The van der Waals surface area contributed by atoms with Crippen LogP contribution in [0.25, 0.3) is 0 Å². The van der Waals surface area contributed by atoms with Gasteiger partial charge in [0.25, 0.3) is 0 Å². The maximum Gasteiger partial charge on any atom is 0.399 e. The quantitative estimate of drug-likeness (QED) is 0.803. The number of hydrogen-bond acceptors (Lipinski definition) is 4. The minimum atomic E-state index is 0.219. The lowest BCUT2D eigenvalue weighted by atomic mass is 10.3. The normalized spacial score (nSPS) is 10.1. The van der Waals surface area contributed by atoms with Gasteiger partial charge in [0.15, 0.2) is 0 Å². The van der Waals surface area contributed by atoms with Gasteiger partial charge in [-0.05, 0) is 12.1 Å². The lowest BCUT2D eigenvalue weighted by molar-refractivity contribution is 0.331. The first-order chi connectivity index (χ1) is 6.88. The summed E-state index contributed by atoms with van der Waals surface area (Å²) >= 11 is 0. The molecule has 0 bridgehead atoms. The van der Waals surface area contributed by atoms with Crippen molar-refractivity contribution in [2.75, 3.05) is 0 Å². The number of nitrogens with zero attached hydrogens (tertiary/aromatic N) is 1. The van der Waals surface area contributed by atoms with Gasteiger partial charge in [-0.2, -0.15) is 4.98 Å². The third-order valence-corrected chi connectivity index (χ3v) is 1.69. The van der Waals surface area contributed by atoms with E-state index in [9.17, 15) is 0 Å². The molecule has 72 valence electrons. The summed E-state index contributed by atoms with van der Waals surface area (Å²) in [5, 5.41) is 0. The molecule has 4 nitrogen and oxygen atoms in total. The van der Waals surface area contributed by atoms with E-state index < -0.39 is 0 Å². The van der Waals surface area contributed by atoms with Crippen molar-refractivity contribution in [2.45, 2.75) is 6.54 Å². The molecule has 0 unspecified atom stereocenters. The van der Waals surface area contributed by atoms with Gasteiger partial charge in [-0.3, -0.25) is 0 Å². The Hall–Kier alpha value is -1.81. The van der Waals surface area contributed by atoms with E-state index in [1.807, 2.05) is 30.3 Å². The number of aromatic nitrogens is 1. The van der Waals surface area contributed by atoms with Crippen molar-refractivity contribution >= 4 is 0 Å². The van der Waals surface area contributed by atoms with Gasteiger partial charge >= 0.3 is 6.08 Å². The number of nitrogens with two attached hydrogens (primary N) is 1. The molecule has 0 aliphatic carbocycles. The Morgan fingerprint density at radius 3 is 2.71 bits per heavy atom. The Balaban J connectivity index is 2.11. The molecule has 0 radical (unpaired) electrons. The Labute approximate surface area is 81.3 Å². The molecule has 0 saturated carbocycles. The monoisotopic (exact) mass is 190 g/mol. The molecule has 4 heteroatoms. The van der Waals surface area contributed by atoms with Crippen LogP contribution in [0.3, 0.4) is 0 Å². The maximum absolute atomic E-state index is 5.38. The topological polar surface area (TPSA) is 61.3 Å². The summed E-state index contributed by atoms with van der Waals surface area (Å²) in [6, 6.07) is 9.32. The van der Waals surface area contributed by atoms with Crippen LogP contribution in [0.15, 0.2) is 41.0 Å². The molecule has 0 aliphatic heterocycles. The molecule has 1 aromatic heterocycles. The van der Waals surface area contributed by atoms with E-state index in [0.29, 0.717) is 18.0 Å². The SMILES string of the molecule is NCc1coc(Oc2ccccc2)n1. The molecule has 14 heavy (non-hydrogen) atoms. The lowest BCUT2D eigenvalue weighted by Gasteiger charge is -1.97. The van der Waals surface area contributed by atoms with Crippen molar-refractivity contribution in [3.05, 3.63) is 42.3 Å². The first-order valence-electron chi connectivity index (χ1n) is 4.26. The fourth-order valence-electron chi connectivity index (χ4n) is 1.02. The zero-order valence-corrected chi connectivity index (χ0v) is 7.51. The summed E-state index contributed by atoms with van der Waals surface area (Å²) < 4.78 is 10.4. The summed E-state index contributed by atoms with van der Waals surface area (Å²) in [6.07, 6.45) is 1.70. The molecule has 2 rings (SSSR count). The molecule has 1 aromatic carbocycles. The van der Waals surface area contributed by atoms with Crippen molar-refractivity contribution < 1.29 is 9.15 Å². The summed E-state index contributed by atoms with van der Waals surface area (Å²) in [5.41, 5.74) is 6.06. The Morgan fingerprint density at radius 1 is 1.29 bits per heavy atom. The fraction of sp³-hybridized carbons (Fsp3) is 0.100. The maximum atomic E-state index is 5.38. The molecule has 0 amide bonds. The van der Waals surface area contributed by atoms with Gasteiger partial charge in [0, 0.05) is 6.54 Å². The van der Waals surface area contributed by atoms with E-state index in [2.05, 4.69) is 4.98 Å². The second-order valence-electron chi connectivity index (χ2n) is 2.72. The number of oxazole rings is 1. The highest BCUT2D eigenvalue weighted by Gasteiger charge is 2.03. The van der Waals surface area contributed by atoms with Crippen LogP contribution in [0.2, 0.25) is 0 Å². The zero-order chi connectivity index (χ0) is 9.80. The van der Waals surface area contributed by atoms with Crippen molar-refractivity contribution in [2.24, 2.45) is 5.73 Å². The van der Waals surface area contributed by atoms with Gasteiger partial charge < -0.3 is 14.9 Å². The largest absolute Gasteiger partial charge is 0.417 e. The highest BCUT2D eigenvalue weighted by atomic mass is 16.6. The van der Waals surface area contributed by atoms with Gasteiger partial charge in [-0.1, -0.05) is 18.2 Å². The standard InChI is InChI=1S/C10H10N2O2/c11-6-8-7-13-10(12-8)14-9-4-2-1-3-5-9/h1-5,7H,6,11H2. The molecule has 2 N–H and O–H groups in total. The summed E-state index contributed by atoms with van der Waals surface area (Å²) in [6.45, 7) is 0.349. The number of para-hydroxylation sites is 1. The van der Waals surface area contributed by atoms with Crippen molar-refractivity contribution in [3.63, 3.8) is 0 Å². The van der Waals surface area contributed by atoms with Crippen LogP contribution >= 0.6 is 0 Å². The van der Waals surface area contributed by atoms with Crippen LogP contribution in [-0.4, -0.2) is 4.98 Å². The molecular weight excluding hydrogens is 180 g/mol. The Morgan fingerprint density at radius 2 is 2.07 bits per heavy atom. The van der Waals surface area contributed by atoms with E-state index in [0.717, 1.165) is 0 Å². The van der Waals surface area contributed by atoms with E-state index in [-0.39, 0.29) is 6.08 Å². The second kappa shape index (κ2) is 3.93. The van der Waals surface area contributed by atoms with Crippen molar-refractivity contribution in [1.29, 1.82) is 0 Å². The minimum Gasteiger partial charge on any atom is -0.417 e. The predicted molar refractivity (Wildman–Crippen MR) is 50.9 cm³/mol. The van der Waals surface area contributed by atoms with Gasteiger partial charge in [-0.15, -0.1) is 0 Å². The summed E-state index contributed by atoms with van der Waals surface area (Å²) in [5.74, 6) is 0.693. The number of ether oxygens (including phenoxy) is 1. The highest BCUT2D eigenvalue weighted by Crippen LogP contribution is 2.19. The van der Waals surface area contributed by atoms with Gasteiger partial charge in [0.2, 0.25) is 0 Å². The smallest absolute Gasteiger partial charge is 0.399 e. The van der Waals surface area contributed by atoms with Crippen LogP contribution in [0.5, 0.6) is 11.8 Å². The molecular formula is C10H10N2O2. The lowest BCUT2D eigenvalue weighted by Crippen LogP contribution is -1.95. The van der Waals surface area contributed by atoms with Crippen LogP contribution in [-0.2, 0) is 6.54 Å². The molecule has 0 saturated heterocycles. The fourth-order valence-corrected chi connectivity index (χ4v) is 1.02. The first-order valence-corrected chi connectivity index (χ1v) is 4.26. The third-order valence-electron chi connectivity index (χ3n) is 1.69. The van der Waals surface area contributed by atoms with Crippen LogP contribution in [0.1, 0.15) is 5.69 Å². The van der Waals surface area contributed by atoms with E-state index in [1.54, 1.807) is 0 Å². The Kier molecular flexibility index (Phi) is 2.46. The van der Waals surface area contributed by atoms with Crippen LogP contribution in [0, 0.1) is 0 Å². The average molecular weight is 190 g/mol. The molecule has 0 spiro atoms. The van der Waals surface area contributed by atoms with Gasteiger partial charge in [-0.25, -0.2) is 0 Å². The number of benzene rings is 1. The van der Waals surface area contributed by atoms with E-state index >= 15 is 0 Å². The minimum absolute atomic E-state index is 0.219. The summed E-state index contributed by atoms with van der Waals surface area (Å²) in [7, 11) is 0. The third kappa shape index (κ3) is 1.92. The van der Waals surface area contributed by atoms with Gasteiger partial charge in [0.1, 0.15) is 12.0 Å². The van der Waals surface area contributed by atoms with E-state index in [4.69, 9.17) is 14.9 Å². The number of hydrogen-bond donors (Lipinski definition) is 1. The first kappa shape index (κ1) is 8.77. The molecule has 0 atom stereocenters. The van der Waals surface area contributed by atoms with Crippen LogP contribution in [0.4, 0.5) is 0 Å². The average Bonchev–Trinajstić information content (AvgIpc) is 2.67.